The number of alkyl halides is 6. The van der Waals surface area contributed by atoms with Crippen molar-refractivity contribution in [2.75, 3.05) is 0 Å². The van der Waals surface area contributed by atoms with Gasteiger partial charge in [-0.15, -0.1) is 0 Å². The largest absolute Gasteiger partial charge is 0.477 e. The number of nitrogens with zero attached hydrogens (tertiary/aromatic N) is 1. The van der Waals surface area contributed by atoms with Crippen LogP contribution >= 0.6 is 0 Å². The molecule has 0 amide bonds. The standard InChI is InChI=1S/C11H5F6NO2/c12-9(13)8(10(14,15)11(9,16)17)20-7-3-1-6(2-4-7)18-5-19/h1-4,8H. The van der Waals surface area contributed by atoms with Crippen LogP contribution in [0.1, 0.15) is 0 Å². The Kier molecular flexibility index (Phi) is 3.05. The van der Waals surface area contributed by atoms with E-state index in [4.69, 9.17) is 0 Å². The van der Waals surface area contributed by atoms with E-state index in [0.29, 0.717) is 0 Å². The van der Waals surface area contributed by atoms with Gasteiger partial charge < -0.3 is 4.74 Å². The van der Waals surface area contributed by atoms with Gasteiger partial charge >= 0.3 is 17.8 Å². The second-order valence-corrected chi connectivity index (χ2v) is 4.02. The fourth-order valence-electron chi connectivity index (χ4n) is 1.64. The molecule has 1 fully saturated rings. The molecular weight excluding hydrogens is 292 g/mol. The molecule has 2 rings (SSSR count). The lowest BCUT2D eigenvalue weighted by molar-refractivity contribution is -0.440. The molecule has 20 heavy (non-hydrogen) atoms. The van der Waals surface area contributed by atoms with E-state index in [0.717, 1.165) is 24.3 Å². The molecule has 3 nitrogen and oxygen atoms in total. The van der Waals surface area contributed by atoms with Gasteiger partial charge in [0.2, 0.25) is 12.2 Å². The lowest BCUT2D eigenvalue weighted by atomic mass is 9.80. The first-order valence-electron chi connectivity index (χ1n) is 5.12. The van der Waals surface area contributed by atoms with Gasteiger partial charge in [0.15, 0.2) is 0 Å². The van der Waals surface area contributed by atoms with Crippen LogP contribution in [0.5, 0.6) is 5.75 Å². The van der Waals surface area contributed by atoms with Crippen molar-refractivity contribution in [2.24, 2.45) is 4.99 Å². The Balaban J connectivity index is 2.20. The molecule has 0 unspecified atom stereocenters. The molecule has 0 aliphatic heterocycles. The number of halogens is 6. The summed E-state index contributed by atoms with van der Waals surface area (Å²) in [6.07, 6.45) is -2.06. The molecule has 108 valence electrons. The zero-order chi connectivity index (χ0) is 15.2. The van der Waals surface area contributed by atoms with Gasteiger partial charge in [0.1, 0.15) is 5.75 Å². The van der Waals surface area contributed by atoms with Crippen LogP contribution in [-0.4, -0.2) is 30.0 Å². The lowest BCUT2D eigenvalue weighted by Gasteiger charge is -2.49. The second kappa shape index (κ2) is 4.24. The third-order valence-electron chi connectivity index (χ3n) is 2.76. The molecular formula is C11H5F6NO2. The SMILES string of the molecule is O=C=Nc1ccc(OC2C(F)(F)C(F)(F)C2(F)F)cc1. The minimum absolute atomic E-state index is 0.0739. The first-order chi connectivity index (χ1) is 9.14. The Hall–Kier alpha value is -2.02. The number of benzene rings is 1. The van der Waals surface area contributed by atoms with Crippen LogP contribution in [0, 0.1) is 0 Å². The smallest absolute Gasteiger partial charge is 0.380 e. The Morgan fingerprint density at radius 2 is 1.50 bits per heavy atom. The van der Waals surface area contributed by atoms with Gasteiger partial charge in [0.25, 0.3) is 0 Å². The summed E-state index contributed by atoms with van der Waals surface area (Å²) in [4.78, 5) is 13.1. The van der Waals surface area contributed by atoms with E-state index in [1.807, 2.05) is 0 Å². The topological polar surface area (TPSA) is 38.7 Å². The van der Waals surface area contributed by atoms with Gasteiger partial charge in [-0.1, -0.05) is 0 Å². The molecule has 1 aliphatic carbocycles. The van der Waals surface area contributed by atoms with Crippen molar-refractivity contribution < 1.29 is 35.9 Å². The van der Waals surface area contributed by atoms with E-state index in [-0.39, 0.29) is 5.69 Å². The molecule has 0 aromatic heterocycles. The number of aliphatic imine (C=N–C) groups is 1. The normalized spacial score (nSPS) is 22.5. The summed E-state index contributed by atoms with van der Waals surface area (Å²) in [6.45, 7) is 0. The molecule has 0 N–H and O–H groups in total. The first-order valence-corrected chi connectivity index (χ1v) is 5.12. The Morgan fingerprint density at radius 1 is 1.00 bits per heavy atom. The van der Waals surface area contributed by atoms with Crippen LogP contribution in [0.15, 0.2) is 29.3 Å². The summed E-state index contributed by atoms with van der Waals surface area (Å²) in [5.74, 6) is -15.9. The summed E-state index contributed by atoms with van der Waals surface area (Å²) in [7, 11) is 0. The van der Waals surface area contributed by atoms with Gasteiger partial charge in [-0.25, -0.2) is 4.79 Å². The highest BCUT2D eigenvalue weighted by Crippen LogP contribution is 2.61. The molecule has 0 bridgehead atoms. The van der Waals surface area contributed by atoms with Crippen molar-refractivity contribution in [2.45, 2.75) is 23.9 Å². The Bertz CT molecular complexity index is 547. The monoisotopic (exact) mass is 297 g/mol. The van der Waals surface area contributed by atoms with Crippen molar-refractivity contribution in [3.05, 3.63) is 24.3 Å². The van der Waals surface area contributed by atoms with Crippen molar-refractivity contribution in [3.8, 4) is 5.75 Å². The highest BCUT2D eigenvalue weighted by atomic mass is 19.4. The maximum absolute atomic E-state index is 12.9. The Morgan fingerprint density at radius 3 is 1.95 bits per heavy atom. The zero-order valence-corrected chi connectivity index (χ0v) is 9.42. The van der Waals surface area contributed by atoms with Gasteiger partial charge in [0.05, 0.1) is 5.69 Å². The molecule has 9 heteroatoms. The lowest BCUT2D eigenvalue weighted by Crippen LogP contribution is -2.79. The fourth-order valence-corrected chi connectivity index (χ4v) is 1.64. The molecule has 1 saturated carbocycles. The quantitative estimate of drug-likeness (QED) is 0.487. The van der Waals surface area contributed by atoms with E-state index < -0.39 is 29.6 Å². The highest BCUT2D eigenvalue weighted by molar-refractivity contribution is 5.50. The predicted molar refractivity (Wildman–Crippen MR) is 53.5 cm³/mol. The molecule has 0 saturated heterocycles. The van der Waals surface area contributed by atoms with Gasteiger partial charge in [-0.2, -0.15) is 31.3 Å². The van der Waals surface area contributed by atoms with Gasteiger partial charge in [-0.3, -0.25) is 0 Å². The number of carbonyl (C=O) groups excluding carboxylic acids is 1. The van der Waals surface area contributed by atoms with Crippen LogP contribution in [-0.2, 0) is 4.79 Å². The second-order valence-electron chi connectivity index (χ2n) is 4.02. The van der Waals surface area contributed by atoms with Crippen LogP contribution < -0.4 is 4.74 Å². The fraction of sp³-hybridized carbons (Fsp3) is 0.364. The molecule has 0 atom stereocenters. The number of ether oxygens (including phenoxy) is 1. The first kappa shape index (κ1) is 14.4. The summed E-state index contributed by atoms with van der Waals surface area (Å²) < 4.78 is 81.1. The average Bonchev–Trinajstić information content (AvgIpc) is 2.37. The molecule has 1 aromatic carbocycles. The number of rotatable bonds is 3. The van der Waals surface area contributed by atoms with E-state index in [1.165, 1.54) is 6.08 Å². The molecule has 0 heterocycles. The minimum Gasteiger partial charge on any atom is -0.477 e. The van der Waals surface area contributed by atoms with Gasteiger partial charge in [-0.05, 0) is 24.3 Å². The summed E-state index contributed by atoms with van der Waals surface area (Å²) in [6, 6.07) is 4.07. The number of hydrogen-bond donors (Lipinski definition) is 0. The van der Waals surface area contributed by atoms with Crippen molar-refractivity contribution >= 4 is 11.8 Å². The van der Waals surface area contributed by atoms with E-state index in [1.54, 1.807) is 0 Å². The number of isocyanates is 1. The third-order valence-corrected chi connectivity index (χ3v) is 2.76. The van der Waals surface area contributed by atoms with Crippen LogP contribution in [0.3, 0.4) is 0 Å². The minimum atomic E-state index is -5.45. The van der Waals surface area contributed by atoms with Crippen LogP contribution in [0.4, 0.5) is 32.0 Å². The van der Waals surface area contributed by atoms with Crippen molar-refractivity contribution in [1.82, 2.24) is 0 Å². The summed E-state index contributed by atoms with van der Waals surface area (Å²) in [5, 5.41) is 0. The molecule has 1 aromatic rings. The van der Waals surface area contributed by atoms with Gasteiger partial charge in [0, 0.05) is 0 Å². The van der Waals surface area contributed by atoms with E-state index in [9.17, 15) is 31.1 Å². The van der Waals surface area contributed by atoms with E-state index in [2.05, 4.69) is 9.73 Å². The average molecular weight is 297 g/mol. The van der Waals surface area contributed by atoms with Crippen LogP contribution in [0.2, 0.25) is 0 Å². The predicted octanol–water partition coefficient (Wildman–Crippen LogP) is 3.32. The molecule has 0 radical (unpaired) electrons. The van der Waals surface area contributed by atoms with Crippen LogP contribution in [0.25, 0.3) is 0 Å². The maximum atomic E-state index is 12.9. The number of hydrogen-bond acceptors (Lipinski definition) is 3. The van der Waals surface area contributed by atoms with E-state index >= 15 is 0 Å². The summed E-state index contributed by atoms with van der Waals surface area (Å²) in [5.41, 5.74) is 0.0739. The van der Waals surface area contributed by atoms with Crippen molar-refractivity contribution in [3.63, 3.8) is 0 Å². The van der Waals surface area contributed by atoms with Crippen molar-refractivity contribution in [1.29, 1.82) is 0 Å². The zero-order valence-electron chi connectivity index (χ0n) is 9.42. The maximum Gasteiger partial charge on any atom is 0.380 e. The third kappa shape index (κ3) is 1.77. The summed E-state index contributed by atoms with van der Waals surface area (Å²) >= 11 is 0. The molecule has 1 aliphatic rings. The Labute approximate surface area is 107 Å². The molecule has 0 spiro atoms. The highest BCUT2D eigenvalue weighted by Gasteiger charge is 2.92.